The lowest BCUT2D eigenvalue weighted by Crippen LogP contribution is -2.17. The largest absolute Gasteiger partial charge is 0.325 e. The van der Waals surface area contributed by atoms with Crippen molar-refractivity contribution in [2.24, 2.45) is 0 Å². The number of hydrogen-bond acceptors (Lipinski definition) is 2. The van der Waals surface area contributed by atoms with Crippen LogP contribution >= 0.6 is 0 Å². The number of carbonyl (C=O) groups is 1. The molecular weight excluding hydrogens is 274 g/mol. The summed E-state index contributed by atoms with van der Waals surface area (Å²) in [6.45, 7) is 1.74. The van der Waals surface area contributed by atoms with Crippen LogP contribution in [0.15, 0.2) is 36.4 Å². The van der Waals surface area contributed by atoms with E-state index in [0.29, 0.717) is 16.8 Å². The number of rotatable bonds is 3. The van der Waals surface area contributed by atoms with Crippen molar-refractivity contribution < 1.29 is 13.6 Å². The van der Waals surface area contributed by atoms with Crippen molar-refractivity contribution in [2.45, 2.75) is 13.3 Å². The van der Waals surface area contributed by atoms with Gasteiger partial charge in [0.1, 0.15) is 17.7 Å². The number of carbonyl (C=O) groups excluding carboxylic acids is 1. The summed E-state index contributed by atoms with van der Waals surface area (Å²) in [4.78, 5) is 11.9. The van der Waals surface area contributed by atoms with Crippen molar-refractivity contribution >= 4 is 11.6 Å². The fourth-order valence-electron chi connectivity index (χ4n) is 1.98. The highest BCUT2D eigenvalue weighted by molar-refractivity contribution is 5.93. The van der Waals surface area contributed by atoms with Gasteiger partial charge < -0.3 is 5.32 Å². The Kier molecular flexibility index (Phi) is 4.29. The van der Waals surface area contributed by atoms with Crippen LogP contribution in [0.3, 0.4) is 0 Å². The number of anilines is 1. The highest BCUT2D eigenvalue weighted by Gasteiger charge is 2.14. The molecule has 0 aromatic heterocycles. The maximum Gasteiger partial charge on any atom is 0.229 e. The Morgan fingerprint density at radius 1 is 1.19 bits per heavy atom. The average molecular weight is 286 g/mol. The van der Waals surface area contributed by atoms with Gasteiger partial charge in [0.25, 0.3) is 0 Å². The molecule has 0 aliphatic heterocycles. The van der Waals surface area contributed by atoms with Gasteiger partial charge in [-0.1, -0.05) is 18.2 Å². The molecule has 1 amide bonds. The van der Waals surface area contributed by atoms with E-state index < -0.39 is 24.0 Å². The lowest BCUT2D eigenvalue weighted by atomic mass is 10.1. The second-order valence-electron chi connectivity index (χ2n) is 4.53. The Labute approximate surface area is 120 Å². The van der Waals surface area contributed by atoms with Gasteiger partial charge >= 0.3 is 0 Å². The zero-order chi connectivity index (χ0) is 15.4. The summed E-state index contributed by atoms with van der Waals surface area (Å²) in [6.07, 6.45) is -0.433. The zero-order valence-electron chi connectivity index (χ0n) is 11.3. The van der Waals surface area contributed by atoms with Gasteiger partial charge in [-0.15, -0.1) is 0 Å². The molecule has 2 aromatic rings. The second-order valence-corrected chi connectivity index (χ2v) is 4.53. The molecule has 0 heterocycles. The van der Waals surface area contributed by atoms with Crippen molar-refractivity contribution in [1.82, 2.24) is 0 Å². The van der Waals surface area contributed by atoms with Gasteiger partial charge in [0, 0.05) is 5.56 Å². The molecule has 0 aliphatic rings. The molecule has 0 fully saturated rings. The molecule has 0 spiro atoms. The zero-order valence-corrected chi connectivity index (χ0v) is 11.3. The quantitative estimate of drug-likeness (QED) is 0.941. The highest BCUT2D eigenvalue weighted by atomic mass is 19.1. The van der Waals surface area contributed by atoms with Crippen LogP contribution in [0.25, 0.3) is 0 Å². The Morgan fingerprint density at radius 3 is 2.43 bits per heavy atom. The van der Waals surface area contributed by atoms with E-state index in [1.165, 1.54) is 6.07 Å². The van der Waals surface area contributed by atoms with Gasteiger partial charge in [0.2, 0.25) is 5.91 Å². The molecule has 0 saturated carbocycles. The number of nitrogens with one attached hydrogen (secondary N) is 1. The predicted molar refractivity (Wildman–Crippen MR) is 74.6 cm³/mol. The summed E-state index contributed by atoms with van der Waals surface area (Å²) >= 11 is 0. The van der Waals surface area contributed by atoms with Crippen LogP contribution in [0.4, 0.5) is 14.5 Å². The van der Waals surface area contributed by atoms with Crippen LogP contribution in [0.2, 0.25) is 0 Å². The van der Waals surface area contributed by atoms with Crippen molar-refractivity contribution in [1.29, 1.82) is 5.26 Å². The maximum atomic E-state index is 13.5. The average Bonchev–Trinajstić information content (AvgIpc) is 2.43. The van der Waals surface area contributed by atoms with Gasteiger partial charge in [0.05, 0.1) is 17.7 Å². The Balaban J connectivity index is 2.21. The highest BCUT2D eigenvalue weighted by Crippen LogP contribution is 2.19. The maximum absolute atomic E-state index is 13.5. The number of halogens is 2. The number of benzene rings is 2. The lowest BCUT2D eigenvalue weighted by Gasteiger charge is -2.09. The first-order valence-electron chi connectivity index (χ1n) is 6.25. The minimum Gasteiger partial charge on any atom is -0.325 e. The van der Waals surface area contributed by atoms with Crippen LogP contribution in [0.5, 0.6) is 0 Å². The fraction of sp³-hybridized carbons (Fsp3) is 0.125. The number of hydrogen-bond donors (Lipinski definition) is 1. The number of amides is 1. The van der Waals surface area contributed by atoms with E-state index in [9.17, 15) is 13.6 Å². The molecule has 1 N–H and O–H groups in total. The van der Waals surface area contributed by atoms with Crippen LogP contribution in [0.1, 0.15) is 16.7 Å². The molecule has 2 aromatic carbocycles. The lowest BCUT2D eigenvalue weighted by molar-refractivity contribution is -0.115. The minimum atomic E-state index is -0.769. The molecule has 5 heteroatoms. The van der Waals surface area contributed by atoms with Crippen LogP contribution in [-0.4, -0.2) is 5.91 Å². The van der Waals surface area contributed by atoms with E-state index >= 15 is 0 Å². The molecule has 21 heavy (non-hydrogen) atoms. The van der Waals surface area contributed by atoms with Crippen molar-refractivity contribution in [3.8, 4) is 6.07 Å². The van der Waals surface area contributed by atoms with Crippen molar-refractivity contribution in [2.75, 3.05) is 5.32 Å². The number of nitrogens with zero attached hydrogens (tertiary/aromatic N) is 1. The molecule has 0 atom stereocenters. The first-order valence-corrected chi connectivity index (χ1v) is 6.25. The number of aryl methyl sites for hydroxylation is 1. The van der Waals surface area contributed by atoms with Gasteiger partial charge in [-0.25, -0.2) is 8.78 Å². The Morgan fingerprint density at radius 2 is 1.81 bits per heavy atom. The summed E-state index contributed by atoms with van der Waals surface area (Å²) in [7, 11) is 0. The van der Waals surface area contributed by atoms with E-state index in [-0.39, 0.29) is 5.56 Å². The SMILES string of the molecule is Cc1cccc(NC(=O)Cc2c(F)cccc2F)c1C#N. The third-order valence-corrected chi connectivity index (χ3v) is 3.06. The summed E-state index contributed by atoms with van der Waals surface area (Å²) in [5.74, 6) is -2.12. The van der Waals surface area contributed by atoms with Gasteiger partial charge in [-0.05, 0) is 30.7 Å². The molecule has 106 valence electrons. The molecule has 3 nitrogen and oxygen atoms in total. The van der Waals surface area contributed by atoms with E-state index in [1.54, 1.807) is 25.1 Å². The fourth-order valence-corrected chi connectivity index (χ4v) is 1.98. The summed E-state index contributed by atoms with van der Waals surface area (Å²) < 4.78 is 27.0. The van der Waals surface area contributed by atoms with Crippen LogP contribution in [-0.2, 0) is 11.2 Å². The molecule has 0 radical (unpaired) electrons. The summed E-state index contributed by atoms with van der Waals surface area (Å²) in [6, 6.07) is 10.4. The van der Waals surface area contributed by atoms with E-state index in [2.05, 4.69) is 5.32 Å². The predicted octanol–water partition coefficient (Wildman–Crippen LogP) is 3.33. The minimum absolute atomic E-state index is 0.291. The van der Waals surface area contributed by atoms with Crippen molar-refractivity contribution in [3.05, 3.63) is 64.7 Å². The van der Waals surface area contributed by atoms with Gasteiger partial charge in [-0.3, -0.25) is 4.79 Å². The normalized spacial score (nSPS) is 10.0. The summed E-state index contributed by atoms with van der Waals surface area (Å²) in [5.41, 5.74) is 1.09. The second kappa shape index (κ2) is 6.14. The van der Waals surface area contributed by atoms with Gasteiger partial charge in [0.15, 0.2) is 0 Å². The molecule has 0 saturated heterocycles. The Bertz CT molecular complexity index is 715. The van der Waals surface area contributed by atoms with E-state index in [4.69, 9.17) is 5.26 Å². The third-order valence-electron chi connectivity index (χ3n) is 3.06. The van der Waals surface area contributed by atoms with Crippen molar-refractivity contribution in [3.63, 3.8) is 0 Å². The molecule has 0 bridgehead atoms. The molecule has 0 aliphatic carbocycles. The van der Waals surface area contributed by atoms with Crippen LogP contribution in [0, 0.1) is 29.9 Å². The monoisotopic (exact) mass is 286 g/mol. The molecular formula is C16H12F2N2O. The first kappa shape index (κ1) is 14.7. The molecule has 0 unspecified atom stereocenters. The van der Waals surface area contributed by atoms with Gasteiger partial charge in [-0.2, -0.15) is 5.26 Å². The topological polar surface area (TPSA) is 52.9 Å². The van der Waals surface area contributed by atoms with Crippen LogP contribution < -0.4 is 5.32 Å². The standard InChI is InChI=1S/C16H12F2N2O/c1-10-4-2-7-15(12(10)9-19)20-16(21)8-11-13(17)5-3-6-14(11)18/h2-7H,8H2,1H3,(H,20,21). The van der Waals surface area contributed by atoms with E-state index in [0.717, 1.165) is 12.1 Å². The summed E-state index contributed by atoms with van der Waals surface area (Å²) in [5, 5.41) is 11.6. The van der Waals surface area contributed by atoms with E-state index in [1.807, 2.05) is 6.07 Å². The smallest absolute Gasteiger partial charge is 0.229 e. The Hall–Kier alpha value is -2.74. The first-order chi connectivity index (χ1) is 10.0. The third kappa shape index (κ3) is 3.23. The number of nitriles is 1. The molecule has 2 rings (SSSR count).